The molecular formula is C18H18FIN2O. The van der Waals surface area contributed by atoms with E-state index in [0.717, 1.165) is 22.1 Å². The zero-order valence-corrected chi connectivity index (χ0v) is 14.8. The van der Waals surface area contributed by atoms with Gasteiger partial charge < -0.3 is 10.2 Å². The molecule has 1 fully saturated rings. The van der Waals surface area contributed by atoms with Gasteiger partial charge in [-0.2, -0.15) is 0 Å². The highest BCUT2D eigenvalue weighted by Crippen LogP contribution is 2.26. The molecule has 2 aromatic carbocycles. The molecule has 1 saturated heterocycles. The smallest absolute Gasteiger partial charge is 0.227 e. The van der Waals surface area contributed by atoms with Gasteiger partial charge in [0.25, 0.3) is 0 Å². The molecule has 3 rings (SSSR count). The largest absolute Gasteiger partial charge is 0.369 e. The lowest BCUT2D eigenvalue weighted by Gasteiger charge is -2.33. The van der Waals surface area contributed by atoms with E-state index in [0.29, 0.717) is 18.8 Å². The van der Waals surface area contributed by atoms with Crippen LogP contribution in [0.1, 0.15) is 12.8 Å². The summed E-state index contributed by atoms with van der Waals surface area (Å²) in [7, 11) is 0. The summed E-state index contributed by atoms with van der Waals surface area (Å²) in [5.74, 6) is -0.161. The minimum absolute atomic E-state index is 0.0164. The van der Waals surface area contributed by atoms with Gasteiger partial charge in [-0.1, -0.05) is 12.1 Å². The van der Waals surface area contributed by atoms with E-state index in [2.05, 4.69) is 27.9 Å². The number of amides is 1. The lowest BCUT2D eigenvalue weighted by atomic mass is 9.95. The van der Waals surface area contributed by atoms with Gasteiger partial charge in [0, 0.05) is 28.3 Å². The predicted molar refractivity (Wildman–Crippen MR) is 99.1 cm³/mol. The van der Waals surface area contributed by atoms with Gasteiger partial charge in [0.05, 0.1) is 5.69 Å². The first-order chi connectivity index (χ1) is 11.1. The Bertz CT molecular complexity index is 682. The molecular weight excluding hydrogens is 406 g/mol. The highest BCUT2D eigenvalue weighted by molar-refractivity contribution is 14.1. The van der Waals surface area contributed by atoms with Crippen molar-refractivity contribution in [1.82, 2.24) is 0 Å². The SMILES string of the molecule is O=C(Nc1ccc(I)cc1)C1CCN(c2ccccc2F)CC1. The minimum Gasteiger partial charge on any atom is -0.369 e. The first-order valence-corrected chi connectivity index (χ1v) is 8.77. The molecule has 120 valence electrons. The van der Waals surface area contributed by atoms with Crippen LogP contribution in [0.5, 0.6) is 0 Å². The van der Waals surface area contributed by atoms with E-state index in [1.165, 1.54) is 6.07 Å². The number of hydrogen-bond donors (Lipinski definition) is 1. The third kappa shape index (κ3) is 4.02. The monoisotopic (exact) mass is 424 g/mol. The maximum absolute atomic E-state index is 13.8. The number of halogens is 2. The van der Waals surface area contributed by atoms with Crippen LogP contribution in [0, 0.1) is 15.3 Å². The molecule has 3 nitrogen and oxygen atoms in total. The minimum atomic E-state index is -0.200. The Morgan fingerprint density at radius 3 is 2.39 bits per heavy atom. The molecule has 1 aliphatic rings. The Morgan fingerprint density at radius 2 is 1.74 bits per heavy atom. The van der Waals surface area contributed by atoms with Gasteiger partial charge in [0.2, 0.25) is 5.91 Å². The first-order valence-electron chi connectivity index (χ1n) is 7.69. The van der Waals surface area contributed by atoms with Crippen molar-refractivity contribution >= 4 is 39.9 Å². The second kappa shape index (κ2) is 7.29. The van der Waals surface area contributed by atoms with Crippen LogP contribution in [-0.4, -0.2) is 19.0 Å². The lowest BCUT2D eigenvalue weighted by Crippen LogP contribution is -2.38. The summed E-state index contributed by atoms with van der Waals surface area (Å²) in [6, 6.07) is 14.6. The summed E-state index contributed by atoms with van der Waals surface area (Å²) in [5, 5.41) is 2.97. The van der Waals surface area contributed by atoms with Gasteiger partial charge in [-0.25, -0.2) is 4.39 Å². The van der Waals surface area contributed by atoms with Crippen LogP contribution in [0.4, 0.5) is 15.8 Å². The Kier molecular flexibility index (Phi) is 5.15. The van der Waals surface area contributed by atoms with E-state index in [-0.39, 0.29) is 17.6 Å². The van der Waals surface area contributed by atoms with Crippen LogP contribution in [0.2, 0.25) is 0 Å². The van der Waals surface area contributed by atoms with Crippen molar-refractivity contribution in [3.8, 4) is 0 Å². The van der Waals surface area contributed by atoms with Crippen molar-refractivity contribution in [3.63, 3.8) is 0 Å². The molecule has 0 bridgehead atoms. The fraction of sp³-hybridized carbons (Fsp3) is 0.278. The molecule has 0 unspecified atom stereocenters. The summed E-state index contributed by atoms with van der Waals surface area (Å²) in [6.07, 6.45) is 1.48. The fourth-order valence-corrected chi connectivity index (χ4v) is 3.23. The second-order valence-corrected chi connectivity index (χ2v) is 6.95. The van der Waals surface area contributed by atoms with Crippen LogP contribution in [0.3, 0.4) is 0 Å². The Labute approximate surface area is 149 Å². The van der Waals surface area contributed by atoms with Crippen LogP contribution < -0.4 is 10.2 Å². The number of hydrogen-bond acceptors (Lipinski definition) is 2. The summed E-state index contributed by atoms with van der Waals surface area (Å²) in [5.41, 5.74) is 1.45. The number of carbonyl (C=O) groups excluding carboxylic acids is 1. The Balaban J connectivity index is 1.57. The number of anilines is 2. The highest BCUT2D eigenvalue weighted by atomic mass is 127. The molecule has 1 amide bonds. The van der Waals surface area contributed by atoms with Gasteiger partial charge in [-0.3, -0.25) is 4.79 Å². The van der Waals surface area contributed by atoms with Crippen LogP contribution in [0.25, 0.3) is 0 Å². The summed E-state index contributed by atoms with van der Waals surface area (Å²) in [6.45, 7) is 1.40. The van der Waals surface area contributed by atoms with Crippen molar-refractivity contribution in [2.45, 2.75) is 12.8 Å². The number of para-hydroxylation sites is 1. The van der Waals surface area contributed by atoms with Crippen molar-refractivity contribution in [2.24, 2.45) is 5.92 Å². The molecule has 2 aromatic rings. The topological polar surface area (TPSA) is 32.3 Å². The molecule has 23 heavy (non-hydrogen) atoms. The summed E-state index contributed by atoms with van der Waals surface area (Å²) < 4.78 is 15.0. The second-order valence-electron chi connectivity index (χ2n) is 5.71. The quantitative estimate of drug-likeness (QED) is 0.746. The van der Waals surface area contributed by atoms with E-state index in [4.69, 9.17) is 0 Å². The fourth-order valence-electron chi connectivity index (χ4n) is 2.87. The molecule has 1 N–H and O–H groups in total. The van der Waals surface area contributed by atoms with Gasteiger partial charge in [-0.05, 0) is 71.8 Å². The molecule has 0 saturated carbocycles. The predicted octanol–water partition coefficient (Wildman–Crippen LogP) is 4.29. The standard InChI is InChI=1S/C18H18FIN2O/c19-16-3-1-2-4-17(16)22-11-9-13(10-12-22)18(23)21-15-7-5-14(20)6-8-15/h1-8,13H,9-12H2,(H,21,23). The molecule has 5 heteroatoms. The number of nitrogens with one attached hydrogen (secondary N) is 1. The van der Waals surface area contributed by atoms with E-state index < -0.39 is 0 Å². The first kappa shape index (κ1) is 16.2. The van der Waals surface area contributed by atoms with Crippen LogP contribution >= 0.6 is 22.6 Å². The Hall–Kier alpha value is -1.63. The zero-order chi connectivity index (χ0) is 16.2. The van der Waals surface area contributed by atoms with E-state index in [1.54, 1.807) is 12.1 Å². The molecule has 0 aromatic heterocycles. The van der Waals surface area contributed by atoms with E-state index in [1.807, 2.05) is 35.2 Å². The van der Waals surface area contributed by atoms with Crippen LogP contribution in [-0.2, 0) is 4.79 Å². The average molecular weight is 424 g/mol. The van der Waals surface area contributed by atoms with Gasteiger partial charge in [0.15, 0.2) is 0 Å². The number of piperidine rings is 1. The molecule has 0 spiro atoms. The van der Waals surface area contributed by atoms with Crippen LogP contribution in [0.15, 0.2) is 48.5 Å². The van der Waals surface area contributed by atoms with Crippen molar-refractivity contribution in [2.75, 3.05) is 23.3 Å². The summed E-state index contributed by atoms with van der Waals surface area (Å²) in [4.78, 5) is 14.4. The van der Waals surface area contributed by atoms with E-state index in [9.17, 15) is 9.18 Å². The third-order valence-electron chi connectivity index (χ3n) is 4.17. The number of nitrogens with zero attached hydrogens (tertiary/aromatic N) is 1. The highest BCUT2D eigenvalue weighted by Gasteiger charge is 2.26. The molecule has 0 radical (unpaired) electrons. The van der Waals surface area contributed by atoms with Gasteiger partial charge >= 0.3 is 0 Å². The summed E-state index contributed by atoms with van der Waals surface area (Å²) >= 11 is 2.23. The van der Waals surface area contributed by atoms with Crippen molar-refractivity contribution in [1.29, 1.82) is 0 Å². The number of rotatable bonds is 3. The molecule has 0 atom stereocenters. The maximum atomic E-state index is 13.8. The number of carbonyl (C=O) groups is 1. The number of benzene rings is 2. The average Bonchev–Trinajstić information content (AvgIpc) is 2.57. The molecule has 1 aliphatic heterocycles. The van der Waals surface area contributed by atoms with Crippen molar-refractivity contribution < 1.29 is 9.18 Å². The zero-order valence-electron chi connectivity index (χ0n) is 12.6. The molecule has 0 aliphatic carbocycles. The lowest BCUT2D eigenvalue weighted by molar-refractivity contribution is -0.120. The van der Waals surface area contributed by atoms with E-state index >= 15 is 0 Å². The third-order valence-corrected chi connectivity index (χ3v) is 4.89. The van der Waals surface area contributed by atoms with Gasteiger partial charge in [-0.15, -0.1) is 0 Å². The maximum Gasteiger partial charge on any atom is 0.227 e. The molecule has 1 heterocycles. The van der Waals surface area contributed by atoms with Crippen molar-refractivity contribution in [3.05, 3.63) is 57.9 Å². The Morgan fingerprint density at radius 1 is 1.09 bits per heavy atom. The van der Waals surface area contributed by atoms with Gasteiger partial charge in [0.1, 0.15) is 5.82 Å². The normalized spacial score (nSPS) is 15.5.